The van der Waals surface area contributed by atoms with Crippen LogP contribution in [0.2, 0.25) is 0 Å². The highest BCUT2D eigenvalue weighted by Crippen LogP contribution is 2.40. The number of rotatable bonds is 11. The van der Waals surface area contributed by atoms with Crippen molar-refractivity contribution in [2.24, 2.45) is 0 Å². The first-order valence-electron chi connectivity index (χ1n) is 12.1. The molecule has 0 spiro atoms. The van der Waals surface area contributed by atoms with Crippen LogP contribution in [-0.2, 0) is 18.0 Å². The second-order valence-electron chi connectivity index (χ2n) is 8.82. The first-order valence-corrected chi connectivity index (χ1v) is 12.9. The summed E-state index contributed by atoms with van der Waals surface area (Å²) in [6.07, 6.45) is 0.857. The van der Waals surface area contributed by atoms with Crippen LogP contribution in [0.15, 0.2) is 95.5 Å². The lowest BCUT2D eigenvalue weighted by atomic mass is 10.2. The summed E-state index contributed by atoms with van der Waals surface area (Å²) in [6, 6.07) is 29.5. The third-order valence-corrected chi connectivity index (χ3v) is 6.36. The number of nitrogens with zero attached hydrogens (tertiary/aromatic N) is 3. The van der Waals surface area contributed by atoms with Crippen LogP contribution < -0.4 is 19.3 Å². The zero-order chi connectivity index (χ0) is 26.2. The standard InChI is InChI=1S/C30H30BrN3O3/c1-22(2)34(21-35)28-18-25(31)14-15-26(28)33(3)27-16-17-29(36-19-23-10-6-4-7-11-23)32-30(27)37-20-24-12-8-5-9-13-24/h4-18,21-22H,19-20H2,1-3H3. The van der Waals surface area contributed by atoms with E-state index in [2.05, 4.69) is 15.9 Å². The minimum Gasteiger partial charge on any atom is -0.473 e. The molecule has 7 heteroatoms. The molecule has 0 aliphatic rings. The molecule has 6 nitrogen and oxygen atoms in total. The van der Waals surface area contributed by atoms with E-state index in [-0.39, 0.29) is 6.04 Å². The van der Waals surface area contributed by atoms with Gasteiger partial charge in [0.25, 0.3) is 0 Å². The lowest BCUT2D eigenvalue weighted by Crippen LogP contribution is -2.30. The third-order valence-electron chi connectivity index (χ3n) is 5.87. The molecule has 1 aromatic heterocycles. The molecule has 1 amide bonds. The number of aromatic nitrogens is 1. The average molecular weight is 560 g/mol. The number of amides is 1. The summed E-state index contributed by atoms with van der Waals surface area (Å²) in [5, 5.41) is 0. The summed E-state index contributed by atoms with van der Waals surface area (Å²) >= 11 is 3.54. The molecule has 0 aliphatic carbocycles. The van der Waals surface area contributed by atoms with E-state index in [4.69, 9.17) is 14.5 Å². The molecule has 3 aromatic carbocycles. The van der Waals surface area contributed by atoms with Crippen LogP contribution in [0.1, 0.15) is 25.0 Å². The van der Waals surface area contributed by atoms with Crippen molar-refractivity contribution in [3.63, 3.8) is 0 Å². The van der Waals surface area contributed by atoms with Gasteiger partial charge < -0.3 is 19.3 Å². The van der Waals surface area contributed by atoms with E-state index in [9.17, 15) is 4.79 Å². The highest BCUT2D eigenvalue weighted by Gasteiger charge is 2.21. The molecule has 4 rings (SSSR count). The molecule has 0 saturated carbocycles. The summed E-state index contributed by atoms with van der Waals surface area (Å²) in [5.74, 6) is 0.907. The van der Waals surface area contributed by atoms with Crippen LogP contribution >= 0.6 is 15.9 Å². The van der Waals surface area contributed by atoms with Gasteiger partial charge in [-0.15, -0.1) is 0 Å². The normalized spacial score (nSPS) is 10.7. The topological polar surface area (TPSA) is 54.9 Å². The van der Waals surface area contributed by atoms with Gasteiger partial charge in [0, 0.05) is 23.6 Å². The van der Waals surface area contributed by atoms with Crippen LogP contribution in [0, 0.1) is 0 Å². The number of ether oxygens (including phenoxy) is 2. The molecular weight excluding hydrogens is 530 g/mol. The number of anilines is 3. The van der Waals surface area contributed by atoms with Gasteiger partial charge in [0.1, 0.15) is 18.9 Å². The first-order chi connectivity index (χ1) is 18.0. The largest absolute Gasteiger partial charge is 0.473 e. The van der Waals surface area contributed by atoms with Gasteiger partial charge in [0.15, 0.2) is 0 Å². The molecule has 0 aliphatic heterocycles. The lowest BCUT2D eigenvalue weighted by molar-refractivity contribution is -0.107. The van der Waals surface area contributed by atoms with E-state index in [0.717, 1.165) is 39.1 Å². The summed E-state index contributed by atoms with van der Waals surface area (Å²) in [6.45, 7) is 4.72. The van der Waals surface area contributed by atoms with Gasteiger partial charge in [0.05, 0.1) is 11.4 Å². The zero-order valence-electron chi connectivity index (χ0n) is 21.2. The van der Waals surface area contributed by atoms with Crippen molar-refractivity contribution in [1.29, 1.82) is 0 Å². The maximum atomic E-state index is 12.0. The van der Waals surface area contributed by atoms with E-state index in [1.807, 2.05) is 117 Å². The van der Waals surface area contributed by atoms with Gasteiger partial charge in [-0.2, -0.15) is 4.98 Å². The molecule has 0 saturated heterocycles. The fraction of sp³-hybridized carbons (Fsp3) is 0.200. The number of carbonyl (C=O) groups excluding carboxylic acids is 1. The van der Waals surface area contributed by atoms with E-state index in [1.165, 1.54) is 0 Å². The minimum absolute atomic E-state index is 0.0142. The Bertz CT molecular complexity index is 1320. The van der Waals surface area contributed by atoms with Crippen LogP contribution in [0.3, 0.4) is 0 Å². The minimum atomic E-state index is -0.0142. The molecular formula is C30H30BrN3O3. The van der Waals surface area contributed by atoms with Crippen molar-refractivity contribution in [3.8, 4) is 11.8 Å². The van der Waals surface area contributed by atoms with Gasteiger partial charge >= 0.3 is 0 Å². The van der Waals surface area contributed by atoms with Gasteiger partial charge in [0.2, 0.25) is 18.2 Å². The number of pyridine rings is 1. The number of halogens is 1. The molecule has 0 atom stereocenters. The molecule has 0 N–H and O–H groups in total. The predicted octanol–water partition coefficient (Wildman–Crippen LogP) is 7.14. The van der Waals surface area contributed by atoms with Crippen molar-refractivity contribution in [2.75, 3.05) is 16.8 Å². The Morgan fingerprint density at radius 1 is 0.811 bits per heavy atom. The SMILES string of the molecule is CC(C)N(C=O)c1cc(Br)ccc1N(C)c1ccc(OCc2ccccc2)nc1OCc1ccccc1. The van der Waals surface area contributed by atoms with Crippen LogP contribution in [0.5, 0.6) is 11.8 Å². The van der Waals surface area contributed by atoms with Gasteiger partial charge in [-0.05, 0) is 49.2 Å². The third kappa shape index (κ3) is 6.68. The molecule has 37 heavy (non-hydrogen) atoms. The monoisotopic (exact) mass is 559 g/mol. The number of carbonyl (C=O) groups is 1. The number of hydrogen-bond donors (Lipinski definition) is 0. The molecule has 0 radical (unpaired) electrons. The van der Waals surface area contributed by atoms with Crippen molar-refractivity contribution in [3.05, 3.63) is 107 Å². The Morgan fingerprint density at radius 3 is 2.00 bits per heavy atom. The fourth-order valence-corrected chi connectivity index (χ4v) is 4.24. The Labute approximate surface area is 226 Å². The van der Waals surface area contributed by atoms with E-state index in [1.54, 1.807) is 4.90 Å². The van der Waals surface area contributed by atoms with E-state index < -0.39 is 0 Å². The van der Waals surface area contributed by atoms with Crippen molar-refractivity contribution in [2.45, 2.75) is 33.1 Å². The van der Waals surface area contributed by atoms with Gasteiger partial charge in [-0.3, -0.25) is 4.79 Å². The molecule has 1 heterocycles. The Hall–Kier alpha value is -3.84. The number of hydrogen-bond acceptors (Lipinski definition) is 5. The summed E-state index contributed by atoms with van der Waals surface area (Å²) in [5.41, 5.74) is 4.46. The molecule has 0 unspecified atom stereocenters. The maximum Gasteiger partial charge on any atom is 0.241 e. The van der Waals surface area contributed by atoms with Crippen LogP contribution in [0.4, 0.5) is 17.1 Å². The van der Waals surface area contributed by atoms with Crippen LogP contribution in [-0.4, -0.2) is 24.5 Å². The fourth-order valence-electron chi connectivity index (χ4n) is 3.89. The Balaban J connectivity index is 1.68. The predicted molar refractivity (Wildman–Crippen MR) is 152 cm³/mol. The quantitative estimate of drug-likeness (QED) is 0.183. The smallest absolute Gasteiger partial charge is 0.241 e. The average Bonchev–Trinajstić information content (AvgIpc) is 2.92. The molecule has 4 aromatic rings. The molecule has 0 fully saturated rings. The van der Waals surface area contributed by atoms with Crippen LogP contribution in [0.25, 0.3) is 0 Å². The second-order valence-corrected chi connectivity index (χ2v) is 9.74. The van der Waals surface area contributed by atoms with Gasteiger partial charge in [-0.1, -0.05) is 76.6 Å². The summed E-state index contributed by atoms with van der Waals surface area (Å²) in [4.78, 5) is 20.4. The lowest BCUT2D eigenvalue weighted by Gasteiger charge is -2.30. The maximum absolute atomic E-state index is 12.0. The van der Waals surface area contributed by atoms with Crippen molar-refractivity contribution >= 4 is 39.4 Å². The second kappa shape index (κ2) is 12.4. The van der Waals surface area contributed by atoms with Crippen molar-refractivity contribution in [1.82, 2.24) is 4.98 Å². The Kier molecular flexibility index (Phi) is 8.80. The summed E-state index contributed by atoms with van der Waals surface area (Å²) < 4.78 is 13.1. The summed E-state index contributed by atoms with van der Waals surface area (Å²) in [7, 11) is 1.94. The zero-order valence-corrected chi connectivity index (χ0v) is 22.8. The molecule has 0 bridgehead atoms. The van der Waals surface area contributed by atoms with Crippen molar-refractivity contribution < 1.29 is 14.3 Å². The van der Waals surface area contributed by atoms with Gasteiger partial charge in [-0.25, -0.2) is 0 Å². The first kappa shape index (κ1) is 26.2. The number of benzene rings is 3. The highest BCUT2D eigenvalue weighted by atomic mass is 79.9. The van der Waals surface area contributed by atoms with E-state index >= 15 is 0 Å². The molecule has 190 valence electrons. The highest BCUT2D eigenvalue weighted by molar-refractivity contribution is 9.10. The van der Waals surface area contributed by atoms with E-state index in [0.29, 0.717) is 25.0 Å². The Morgan fingerprint density at radius 2 is 1.41 bits per heavy atom.